The summed E-state index contributed by atoms with van der Waals surface area (Å²) in [7, 11) is 0. The van der Waals surface area contributed by atoms with Gasteiger partial charge in [-0.05, 0) is 62.1 Å². The Bertz CT molecular complexity index is 1260. The van der Waals surface area contributed by atoms with Crippen LogP contribution in [0, 0.1) is 6.92 Å². The molecule has 0 radical (unpaired) electrons. The summed E-state index contributed by atoms with van der Waals surface area (Å²) < 4.78 is 1.97. The lowest BCUT2D eigenvalue weighted by molar-refractivity contribution is 0.573. The van der Waals surface area contributed by atoms with Crippen LogP contribution in [0.2, 0.25) is 0 Å². The molecule has 1 saturated heterocycles. The Morgan fingerprint density at radius 2 is 1.74 bits per heavy atom. The number of nitrogens with zero attached hydrogens (tertiary/aromatic N) is 5. The Labute approximate surface area is 180 Å². The van der Waals surface area contributed by atoms with Crippen molar-refractivity contribution in [1.82, 2.24) is 19.5 Å². The Kier molecular flexibility index (Phi) is 5.08. The number of fused-ring (bicyclic) bond motifs is 1. The number of aromatic nitrogens is 4. The number of hydrogen-bond acceptors (Lipinski definition) is 6. The molecule has 0 amide bonds. The molecule has 4 aromatic rings. The second-order valence-corrected chi connectivity index (χ2v) is 7.85. The molecular weight excluding hydrogens is 388 g/mol. The molecule has 156 valence electrons. The summed E-state index contributed by atoms with van der Waals surface area (Å²) >= 11 is 0. The van der Waals surface area contributed by atoms with Crippen LogP contribution in [0.1, 0.15) is 24.8 Å². The van der Waals surface area contributed by atoms with Gasteiger partial charge in [0, 0.05) is 31.5 Å². The summed E-state index contributed by atoms with van der Waals surface area (Å²) in [5.74, 6) is 1.54. The third kappa shape index (κ3) is 3.74. The molecule has 0 aromatic carbocycles. The van der Waals surface area contributed by atoms with Crippen molar-refractivity contribution in [3.8, 4) is 5.69 Å². The van der Waals surface area contributed by atoms with Gasteiger partial charge in [0.05, 0.1) is 29.2 Å². The second-order valence-electron chi connectivity index (χ2n) is 7.85. The predicted octanol–water partition coefficient (Wildman–Crippen LogP) is 4.22. The lowest BCUT2D eigenvalue weighted by Crippen LogP contribution is -2.30. The molecule has 1 N–H and O–H groups in total. The van der Waals surface area contributed by atoms with E-state index in [1.54, 1.807) is 30.9 Å². The molecule has 1 aliphatic rings. The Morgan fingerprint density at radius 3 is 2.45 bits per heavy atom. The van der Waals surface area contributed by atoms with E-state index < -0.39 is 0 Å². The maximum Gasteiger partial charge on any atom is 0.193 e. The Morgan fingerprint density at radius 1 is 0.968 bits per heavy atom. The van der Waals surface area contributed by atoms with Crippen molar-refractivity contribution in [2.45, 2.75) is 26.2 Å². The van der Waals surface area contributed by atoms with Crippen LogP contribution in [0.15, 0.2) is 66.0 Å². The fourth-order valence-corrected chi connectivity index (χ4v) is 4.19. The summed E-state index contributed by atoms with van der Waals surface area (Å²) in [5, 5.41) is 3.97. The summed E-state index contributed by atoms with van der Waals surface area (Å²) in [6, 6.07) is 11.3. The molecule has 1 fully saturated rings. The van der Waals surface area contributed by atoms with Gasteiger partial charge in [-0.25, -0.2) is 4.98 Å². The molecule has 0 atom stereocenters. The first-order valence-corrected chi connectivity index (χ1v) is 10.6. The van der Waals surface area contributed by atoms with E-state index in [0.717, 1.165) is 48.7 Å². The first-order chi connectivity index (χ1) is 15.2. The molecule has 5 rings (SSSR count). The fourth-order valence-electron chi connectivity index (χ4n) is 4.19. The van der Waals surface area contributed by atoms with Crippen molar-refractivity contribution in [2.24, 2.45) is 0 Å². The van der Waals surface area contributed by atoms with Gasteiger partial charge in [-0.3, -0.25) is 19.3 Å². The van der Waals surface area contributed by atoms with Gasteiger partial charge in [0.15, 0.2) is 11.1 Å². The minimum absolute atomic E-state index is 0.0586. The van der Waals surface area contributed by atoms with Gasteiger partial charge in [-0.2, -0.15) is 0 Å². The molecule has 0 spiro atoms. The Hall–Kier alpha value is -3.74. The highest BCUT2D eigenvalue weighted by molar-refractivity contribution is 5.85. The first kappa shape index (κ1) is 19.2. The van der Waals surface area contributed by atoms with Crippen LogP contribution in [0.3, 0.4) is 0 Å². The monoisotopic (exact) mass is 412 g/mol. The van der Waals surface area contributed by atoms with Crippen molar-refractivity contribution in [3.05, 3.63) is 77.0 Å². The topological polar surface area (TPSA) is 75.9 Å². The third-order valence-electron chi connectivity index (χ3n) is 5.67. The van der Waals surface area contributed by atoms with Crippen molar-refractivity contribution < 1.29 is 0 Å². The van der Waals surface area contributed by atoms with Crippen molar-refractivity contribution in [2.75, 3.05) is 23.3 Å². The molecule has 31 heavy (non-hydrogen) atoms. The molecule has 1 aliphatic heterocycles. The quantitative estimate of drug-likeness (QED) is 0.541. The number of anilines is 3. The maximum absolute atomic E-state index is 13.1. The standard InChI is InChI=1S/C24H24N6O/c1-17-13-21(29-11-3-2-4-12-29)28-24-23(17)20(31)14-22(27-18-7-5-9-25-15-18)30(24)19-8-6-10-26-16-19/h5-10,13-16,27H,2-4,11-12H2,1H3. The highest BCUT2D eigenvalue weighted by Crippen LogP contribution is 2.28. The van der Waals surface area contributed by atoms with Gasteiger partial charge >= 0.3 is 0 Å². The number of aryl methyl sites for hydroxylation is 1. The highest BCUT2D eigenvalue weighted by atomic mass is 16.1. The first-order valence-electron chi connectivity index (χ1n) is 10.6. The number of nitrogens with one attached hydrogen (secondary N) is 1. The minimum Gasteiger partial charge on any atom is -0.357 e. The molecule has 0 bridgehead atoms. The summed E-state index contributed by atoms with van der Waals surface area (Å²) in [5.41, 5.74) is 3.13. The molecule has 4 aromatic heterocycles. The number of rotatable bonds is 4. The van der Waals surface area contributed by atoms with Crippen LogP contribution < -0.4 is 15.6 Å². The molecule has 0 unspecified atom stereocenters. The molecule has 7 nitrogen and oxygen atoms in total. The minimum atomic E-state index is -0.0586. The van der Waals surface area contributed by atoms with Gasteiger partial charge in [0.2, 0.25) is 0 Å². The van der Waals surface area contributed by atoms with E-state index in [4.69, 9.17) is 4.98 Å². The molecule has 7 heteroatoms. The fraction of sp³-hybridized carbons (Fsp3) is 0.250. The predicted molar refractivity (Wildman–Crippen MR) is 123 cm³/mol. The van der Waals surface area contributed by atoms with E-state index in [0.29, 0.717) is 16.9 Å². The highest BCUT2D eigenvalue weighted by Gasteiger charge is 2.19. The second kappa shape index (κ2) is 8.18. The van der Waals surface area contributed by atoms with E-state index >= 15 is 0 Å². The van der Waals surface area contributed by atoms with Crippen LogP contribution >= 0.6 is 0 Å². The van der Waals surface area contributed by atoms with Gasteiger partial charge < -0.3 is 10.2 Å². The third-order valence-corrected chi connectivity index (χ3v) is 5.67. The molecule has 0 aliphatic carbocycles. The molecule has 5 heterocycles. The van der Waals surface area contributed by atoms with E-state index in [1.165, 1.54) is 6.42 Å². The Balaban J connectivity index is 1.77. The van der Waals surface area contributed by atoms with Crippen LogP contribution in [-0.4, -0.2) is 32.6 Å². The van der Waals surface area contributed by atoms with E-state index in [9.17, 15) is 4.79 Å². The average Bonchev–Trinajstić information content (AvgIpc) is 2.80. The average molecular weight is 412 g/mol. The van der Waals surface area contributed by atoms with Crippen LogP contribution in [0.4, 0.5) is 17.3 Å². The lowest BCUT2D eigenvalue weighted by atomic mass is 10.1. The van der Waals surface area contributed by atoms with Crippen molar-refractivity contribution in [1.29, 1.82) is 0 Å². The van der Waals surface area contributed by atoms with E-state index in [1.807, 2.05) is 41.8 Å². The van der Waals surface area contributed by atoms with Crippen LogP contribution in [-0.2, 0) is 0 Å². The van der Waals surface area contributed by atoms with Gasteiger partial charge in [0.1, 0.15) is 11.6 Å². The summed E-state index contributed by atoms with van der Waals surface area (Å²) in [4.78, 5) is 28.9. The van der Waals surface area contributed by atoms with Gasteiger partial charge in [-0.15, -0.1) is 0 Å². The van der Waals surface area contributed by atoms with Crippen molar-refractivity contribution >= 4 is 28.4 Å². The summed E-state index contributed by atoms with van der Waals surface area (Å²) in [6.07, 6.45) is 10.5. The zero-order chi connectivity index (χ0) is 21.2. The van der Waals surface area contributed by atoms with Crippen molar-refractivity contribution in [3.63, 3.8) is 0 Å². The maximum atomic E-state index is 13.1. The normalized spacial score (nSPS) is 14.0. The molecular formula is C24H24N6O. The number of pyridine rings is 4. The lowest BCUT2D eigenvalue weighted by Gasteiger charge is -2.28. The van der Waals surface area contributed by atoms with E-state index in [2.05, 4.69) is 20.2 Å². The summed E-state index contributed by atoms with van der Waals surface area (Å²) in [6.45, 7) is 3.96. The van der Waals surface area contributed by atoms with Gasteiger partial charge in [-0.1, -0.05) is 0 Å². The smallest absolute Gasteiger partial charge is 0.193 e. The molecule has 0 saturated carbocycles. The van der Waals surface area contributed by atoms with E-state index in [-0.39, 0.29) is 5.43 Å². The zero-order valence-electron chi connectivity index (χ0n) is 17.5. The SMILES string of the molecule is Cc1cc(N2CCCCC2)nc2c1c(=O)cc(Nc1cccnc1)n2-c1cccnc1. The number of piperidine rings is 1. The van der Waals surface area contributed by atoms with Crippen LogP contribution in [0.5, 0.6) is 0 Å². The number of hydrogen-bond donors (Lipinski definition) is 1. The van der Waals surface area contributed by atoms with Gasteiger partial charge in [0.25, 0.3) is 0 Å². The van der Waals surface area contributed by atoms with Crippen LogP contribution in [0.25, 0.3) is 16.7 Å². The zero-order valence-corrected chi connectivity index (χ0v) is 17.5. The largest absolute Gasteiger partial charge is 0.357 e.